The molecule has 2 N–H and O–H groups in total. The number of rotatable bonds is 9. The first-order chi connectivity index (χ1) is 16.2. The van der Waals surface area contributed by atoms with Crippen LogP contribution in [0.15, 0.2) is 48.5 Å². The van der Waals surface area contributed by atoms with E-state index in [2.05, 4.69) is 5.32 Å². The lowest BCUT2D eigenvalue weighted by molar-refractivity contribution is -0.141. The van der Waals surface area contributed by atoms with Gasteiger partial charge in [0, 0.05) is 0 Å². The fourth-order valence-corrected chi connectivity index (χ4v) is 3.96. The monoisotopic (exact) mass is 479 g/mol. The Kier molecular flexibility index (Phi) is 8.38. The maximum atomic E-state index is 13.0. The lowest BCUT2D eigenvalue weighted by Gasteiger charge is -2.26. The van der Waals surface area contributed by atoms with Crippen molar-refractivity contribution in [2.75, 3.05) is 33.9 Å². The molecule has 1 atom stereocenters. The van der Waals surface area contributed by atoms with Gasteiger partial charge in [0.25, 0.3) is 0 Å². The van der Waals surface area contributed by atoms with Gasteiger partial charge in [0.15, 0.2) is 0 Å². The molecular formula is C24H28F3N3O4. The average Bonchev–Trinajstić information content (AvgIpc) is 3.29. The summed E-state index contributed by atoms with van der Waals surface area (Å²) in [5, 5.41) is 4.91. The molecule has 1 aliphatic heterocycles. The Labute approximate surface area is 196 Å². The van der Waals surface area contributed by atoms with Crippen LogP contribution in [0.1, 0.15) is 30.0 Å². The maximum Gasteiger partial charge on any atom is 0.405 e. The summed E-state index contributed by atoms with van der Waals surface area (Å²) >= 11 is 0. The first kappa shape index (κ1) is 25.4. The number of methoxy groups -OCH3 is 2. The number of likely N-dealkylation sites (tertiary alicyclic amines) is 1. The van der Waals surface area contributed by atoms with E-state index in [1.165, 1.54) is 0 Å². The molecule has 1 aliphatic rings. The maximum absolute atomic E-state index is 13.0. The van der Waals surface area contributed by atoms with Gasteiger partial charge < -0.3 is 20.1 Å². The van der Waals surface area contributed by atoms with Gasteiger partial charge in [-0.15, -0.1) is 0 Å². The first-order valence-corrected chi connectivity index (χ1v) is 10.9. The highest BCUT2D eigenvalue weighted by atomic mass is 19.4. The SMILES string of the molecule is COc1ccc(C(NC(=O)CN2CCCC2C(=O)NCC(F)(F)F)c2ccc(OC)cc2)cc1. The minimum atomic E-state index is -4.49. The quantitative estimate of drug-likeness (QED) is 0.578. The highest BCUT2D eigenvalue weighted by molar-refractivity contribution is 5.84. The fraction of sp³-hybridized carbons (Fsp3) is 0.417. The number of ether oxygens (including phenoxy) is 2. The number of benzene rings is 2. The predicted molar refractivity (Wildman–Crippen MR) is 120 cm³/mol. The van der Waals surface area contributed by atoms with Crippen LogP contribution in [0.3, 0.4) is 0 Å². The van der Waals surface area contributed by atoms with Crippen LogP contribution in [0.2, 0.25) is 0 Å². The van der Waals surface area contributed by atoms with E-state index in [1.54, 1.807) is 43.4 Å². The van der Waals surface area contributed by atoms with E-state index in [1.807, 2.05) is 29.6 Å². The van der Waals surface area contributed by atoms with Crippen LogP contribution in [-0.4, -0.2) is 62.8 Å². The van der Waals surface area contributed by atoms with Crippen molar-refractivity contribution in [3.8, 4) is 11.5 Å². The number of hydrogen-bond acceptors (Lipinski definition) is 5. The fourth-order valence-electron chi connectivity index (χ4n) is 3.96. The van der Waals surface area contributed by atoms with Gasteiger partial charge in [-0.3, -0.25) is 14.5 Å². The zero-order chi connectivity index (χ0) is 24.7. The second-order valence-corrected chi connectivity index (χ2v) is 8.01. The second kappa shape index (κ2) is 11.2. The summed E-state index contributed by atoms with van der Waals surface area (Å²) in [4.78, 5) is 26.8. The lowest BCUT2D eigenvalue weighted by Crippen LogP contribution is -2.49. The average molecular weight is 479 g/mol. The molecule has 0 aliphatic carbocycles. The zero-order valence-electron chi connectivity index (χ0n) is 19.0. The minimum Gasteiger partial charge on any atom is -0.497 e. The third-order valence-electron chi connectivity index (χ3n) is 5.68. The Morgan fingerprint density at radius 2 is 1.53 bits per heavy atom. The number of nitrogens with zero attached hydrogens (tertiary/aromatic N) is 1. The number of carbonyl (C=O) groups is 2. The van der Waals surface area contributed by atoms with Crippen LogP contribution in [0.25, 0.3) is 0 Å². The van der Waals surface area contributed by atoms with E-state index in [4.69, 9.17) is 9.47 Å². The van der Waals surface area contributed by atoms with E-state index in [0.29, 0.717) is 30.9 Å². The molecule has 0 saturated carbocycles. The topological polar surface area (TPSA) is 79.9 Å². The Morgan fingerprint density at radius 3 is 2.00 bits per heavy atom. The summed E-state index contributed by atoms with van der Waals surface area (Å²) in [5.41, 5.74) is 1.64. The van der Waals surface area contributed by atoms with E-state index >= 15 is 0 Å². The summed E-state index contributed by atoms with van der Waals surface area (Å²) in [5.74, 6) is 0.290. The highest BCUT2D eigenvalue weighted by Crippen LogP contribution is 2.26. The van der Waals surface area contributed by atoms with Crippen molar-refractivity contribution in [1.29, 1.82) is 0 Å². The van der Waals surface area contributed by atoms with Crippen molar-refractivity contribution >= 4 is 11.8 Å². The van der Waals surface area contributed by atoms with Crippen LogP contribution in [-0.2, 0) is 9.59 Å². The standard InChI is InChI=1S/C24H28F3N3O4/c1-33-18-9-5-16(6-10-18)22(17-7-11-19(34-2)12-8-17)29-21(31)14-30-13-3-4-20(30)23(32)28-15-24(25,26)27/h5-12,20,22H,3-4,13-15H2,1-2H3,(H,28,32)(H,29,31). The van der Waals surface area contributed by atoms with Crippen LogP contribution in [0, 0.1) is 0 Å². The van der Waals surface area contributed by atoms with Crippen molar-refractivity contribution in [2.24, 2.45) is 0 Å². The normalized spacial score (nSPS) is 16.4. The molecular weight excluding hydrogens is 451 g/mol. The number of hydrogen-bond donors (Lipinski definition) is 2. The zero-order valence-corrected chi connectivity index (χ0v) is 19.0. The lowest BCUT2D eigenvalue weighted by atomic mass is 9.98. The van der Waals surface area contributed by atoms with E-state index in [9.17, 15) is 22.8 Å². The molecule has 1 heterocycles. The molecule has 0 bridgehead atoms. The van der Waals surface area contributed by atoms with Gasteiger partial charge in [0.05, 0.1) is 32.8 Å². The van der Waals surface area contributed by atoms with Gasteiger partial charge in [0.2, 0.25) is 11.8 Å². The summed E-state index contributed by atoms with van der Waals surface area (Å²) < 4.78 is 47.8. The molecule has 2 aromatic carbocycles. The van der Waals surface area contributed by atoms with Gasteiger partial charge in [0.1, 0.15) is 18.0 Å². The Balaban J connectivity index is 1.72. The van der Waals surface area contributed by atoms with Crippen molar-refractivity contribution in [3.05, 3.63) is 59.7 Å². The van der Waals surface area contributed by atoms with Crippen LogP contribution in [0.5, 0.6) is 11.5 Å². The van der Waals surface area contributed by atoms with Gasteiger partial charge in [-0.05, 0) is 54.8 Å². The largest absolute Gasteiger partial charge is 0.497 e. The van der Waals surface area contributed by atoms with Crippen molar-refractivity contribution in [2.45, 2.75) is 31.1 Å². The van der Waals surface area contributed by atoms with Gasteiger partial charge in [-0.1, -0.05) is 24.3 Å². The van der Waals surface area contributed by atoms with E-state index in [-0.39, 0.29) is 12.5 Å². The molecule has 2 amide bonds. The van der Waals surface area contributed by atoms with Gasteiger partial charge >= 0.3 is 6.18 Å². The van der Waals surface area contributed by atoms with Gasteiger partial charge in [-0.25, -0.2) is 0 Å². The highest BCUT2D eigenvalue weighted by Gasteiger charge is 2.35. The van der Waals surface area contributed by atoms with Crippen LogP contribution >= 0.6 is 0 Å². The Hall–Kier alpha value is -3.27. The van der Waals surface area contributed by atoms with Crippen molar-refractivity contribution in [1.82, 2.24) is 15.5 Å². The van der Waals surface area contributed by atoms with Crippen LogP contribution < -0.4 is 20.1 Å². The number of amides is 2. The van der Waals surface area contributed by atoms with Crippen molar-refractivity contribution in [3.63, 3.8) is 0 Å². The second-order valence-electron chi connectivity index (χ2n) is 8.01. The van der Waals surface area contributed by atoms with E-state index in [0.717, 1.165) is 11.1 Å². The van der Waals surface area contributed by atoms with E-state index < -0.39 is 30.7 Å². The smallest absolute Gasteiger partial charge is 0.405 e. The predicted octanol–water partition coefficient (Wildman–Crippen LogP) is 3.05. The molecule has 34 heavy (non-hydrogen) atoms. The first-order valence-electron chi connectivity index (χ1n) is 10.9. The molecule has 2 aromatic rings. The number of alkyl halides is 3. The summed E-state index contributed by atoms with van der Waals surface area (Å²) in [6.07, 6.45) is -3.46. The molecule has 184 valence electrons. The van der Waals surface area contributed by atoms with Crippen LogP contribution in [0.4, 0.5) is 13.2 Å². The number of halogens is 3. The molecule has 0 aromatic heterocycles. The van der Waals surface area contributed by atoms with Crippen molar-refractivity contribution < 1.29 is 32.2 Å². The minimum absolute atomic E-state index is 0.104. The number of nitrogens with one attached hydrogen (secondary N) is 2. The molecule has 1 unspecified atom stereocenters. The third kappa shape index (κ3) is 6.86. The Morgan fingerprint density at radius 1 is 1.00 bits per heavy atom. The molecule has 1 saturated heterocycles. The molecule has 3 rings (SSSR count). The summed E-state index contributed by atoms with van der Waals surface area (Å²) in [6.45, 7) is -1.04. The Bertz CT molecular complexity index is 917. The molecule has 10 heteroatoms. The third-order valence-corrected chi connectivity index (χ3v) is 5.68. The molecule has 7 nitrogen and oxygen atoms in total. The molecule has 1 fully saturated rings. The summed E-state index contributed by atoms with van der Waals surface area (Å²) in [7, 11) is 3.13. The number of carbonyl (C=O) groups excluding carboxylic acids is 2. The molecule has 0 spiro atoms. The van der Waals surface area contributed by atoms with Gasteiger partial charge in [-0.2, -0.15) is 13.2 Å². The summed E-state index contributed by atoms with van der Waals surface area (Å²) in [6, 6.07) is 13.3. The molecule has 0 radical (unpaired) electrons.